The lowest BCUT2D eigenvalue weighted by Crippen LogP contribution is -2.12. The van der Waals surface area contributed by atoms with E-state index in [0.29, 0.717) is 12.1 Å². The Balaban J connectivity index is 1.85. The number of hydrogen-bond donors (Lipinski definition) is 1. The third-order valence-electron chi connectivity index (χ3n) is 3.79. The number of aromatic nitrogens is 3. The molecule has 0 spiro atoms. The third-order valence-corrected chi connectivity index (χ3v) is 5.03. The van der Waals surface area contributed by atoms with Crippen molar-refractivity contribution in [3.8, 4) is 0 Å². The van der Waals surface area contributed by atoms with Gasteiger partial charge < -0.3 is 10.3 Å². The molecule has 2 N–H and O–H groups in total. The topological polar surface area (TPSA) is 56.7 Å². The molecule has 1 aliphatic heterocycles. The second kappa shape index (κ2) is 6.58. The SMILES string of the molecule is NCC(Sc1nnc2n1CCCCC2)c1ccccc1F. The summed E-state index contributed by atoms with van der Waals surface area (Å²) in [5.74, 6) is 0.829. The van der Waals surface area contributed by atoms with Gasteiger partial charge in [0.25, 0.3) is 0 Å². The van der Waals surface area contributed by atoms with Crippen LogP contribution in [0.2, 0.25) is 0 Å². The average molecular weight is 306 g/mol. The molecule has 1 unspecified atom stereocenters. The van der Waals surface area contributed by atoms with E-state index in [4.69, 9.17) is 5.73 Å². The highest BCUT2D eigenvalue weighted by molar-refractivity contribution is 7.99. The van der Waals surface area contributed by atoms with E-state index in [-0.39, 0.29) is 11.1 Å². The molecule has 2 heterocycles. The summed E-state index contributed by atoms with van der Waals surface area (Å²) in [4.78, 5) is 0. The first-order chi connectivity index (χ1) is 10.3. The highest BCUT2D eigenvalue weighted by Crippen LogP contribution is 2.35. The van der Waals surface area contributed by atoms with Gasteiger partial charge in [-0.25, -0.2) is 4.39 Å². The van der Waals surface area contributed by atoms with E-state index in [1.165, 1.54) is 24.2 Å². The van der Waals surface area contributed by atoms with Crippen LogP contribution in [0.5, 0.6) is 0 Å². The molecule has 1 aromatic carbocycles. The van der Waals surface area contributed by atoms with Crippen LogP contribution in [-0.2, 0) is 13.0 Å². The van der Waals surface area contributed by atoms with Crippen LogP contribution in [0.25, 0.3) is 0 Å². The predicted octanol–water partition coefficient (Wildman–Crippen LogP) is 2.94. The van der Waals surface area contributed by atoms with Gasteiger partial charge in [-0.3, -0.25) is 0 Å². The molecule has 0 amide bonds. The Morgan fingerprint density at radius 3 is 2.90 bits per heavy atom. The lowest BCUT2D eigenvalue weighted by Gasteiger charge is -2.15. The zero-order chi connectivity index (χ0) is 14.7. The zero-order valence-electron chi connectivity index (χ0n) is 11.8. The first-order valence-corrected chi connectivity index (χ1v) is 8.21. The minimum absolute atomic E-state index is 0.136. The largest absolute Gasteiger partial charge is 0.329 e. The summed E-state index contributed by atoms with van der Waals surface area (Å²) in [7, 11) is 0. The molecule has 0 radical (unpaired) electrons. The second-order valence-electron chi connectivity index (χ2n) is 5.22. The molecule has 1 aliphatic rings. The molecule has 112 valence electrons. The molecule has 6 heteroatoms. The number of nitrogens with zero attached hydrogens (tertiary/aromatic N) is 3. The minimum Gasteiger partial charge on any atom is -0.329 e. The van der Waals surface area contributed by atoms with Gasteiger partial charge in [-0.15, -0.1) is 10.2 Å². The normalized spacial score (nSPS) is 16.3. The van der Waals surface area contributed by atoms with Crippen molar-refractivity contribution in [2.75, 3.05) is 6.54 Å². The summed E-state index contributed by atoms with van der Waals surface area (Å²) >= 11 is 1.51. The molecular formula is C15H19FN4S. The lowest BCUT2D eigenvalue weighted by molar-refractivity contribution is 0.588. The van der Waals surface area contributed by atoms with Crippen LogP contribution in [0.4, 0.5) is 4.39 Å². The van der Waals surface area contributed by atoms with Gasteiger partial charge >= 0.3 is 0 Å². The van der Waals surface area contributed by atoms with Crippen LogP contribution in [-0.4, -0.2) is 21.3 Å². The molecule has 3 rings (SSSR count). The highest BCUT2D eigenvalue weighted by atomic mass is 32.2. The fourth-order valence-corrected chi connectivity index (χ4v) is 3.73. The van der Waals surface area contributed by atoms with Crippen molar-refractivity contribution in [3.05, 3.63) is 41.5 Å². The molecule has 0 saturated heterocycles. The Morgan fingerprint density at radius 2 is 2.10 bits per heavy atom. The fourth-order valence-electron chi connectivity index (χ4n) is 2.65. The van der Waals surface area contributed by atoms with Crippen molar-refractivity contribution >= 4 is 11.8 Å². The van der Waals surface area contributed by atoms with Crippen LogP contribution in [0.3, 0.4) is 0 Å². The summed E-state index contributed by atoms with van der Waals surface area (Å²) in [6, 6.07) is 6.80. The van der Waals surface area contributed by atoms with Crippen LogP contribution in [0.15, 0.2) is 29.4 Å². The Morgan fingerprint density at radius 1 is 1.24 bits per heavy atom. The number of nitrogens with two attached hydrogens (primary N) is 1. The maximum Gasteiger partial charge on any atom is 0.191 e. The van der Waals surface area contributed by atoms with Crippen LogP contribution in [0, 0.1) is 5.82 Å². The Hall–Kier alpha value is -1.40. The number of thioether (sulfide) groups is 1. The van der Waals surface area contributed by atoms with Gasteiger partial charge in [-0.2, -0.15) is 0 Å². The van der Waals surface area contributed by atoms with Gasteiger partial charge in [0.05, 0.1) is 5.25 Å². The van der Waals surface area contributed by atoms with Gasteiger partial charge in [0.2, 0.25) is 0 Å². The Kier molecular flexibility index (Phi) is 4.55. The zero-order valence-corrected chi connectivity index (χ0v) is 12.7. The predicted molar refractivity (Wildman–Crippen MR) is 81.6 cm³/mol. The standard InChI is InChI=1S/C15H19FN4S/c16-12-7-4-3-6-11(12)13(10-17)21-15-19-18-14-8-2-1-5-9-20(14)15/h3-4,6-7,13H,1-2,5,8-10,17H2. The molecule has 0 aliphatic carbocycles. The molecular weight excluding hydrogens is 287 g/mol. The van der Waals surface area contributed by atoms with E-state index in [1.807, 2.05) is 6.07 Å². The van der Waals surface area contributed by atoms with E-state index in [2.05, 4.69) is 14.8 Å². The summed E-state index contributed by atoms with van der Waals surface area (Å²) in [6.45, 7) is 1.31. The monoisotopic (exact) mass is 306 g/mol. The molecule has 21 heavy (non-hydrogen) atoms. The van der Waals surface area contributed by atoms with Gasteiger partial charge in [0, 0.05) is 25.1 Å². The van der Waals surface area contributed by atoms with Crippen molar-refractivity contribution in [2.45, 2.75) is 42.6 Å². The van der Waals surface area contributed by atoms with E-state index < -0.39 is 0 Å². The van der Waals surface area contributed by atoms with E-state index in [0.717, 1.165) is 36.8 Å². The van der Waals surface area contributed by atoms with Crippen LogP contribution in [0.1, 0.15) is 35.9 Å². The Labute approximate surface area is 127 Å². The van der Waals surface area contributed by atoms with Crippen molar-refractivity contribution < 1.29 is 4.39 Å². The summed E-state index contributed by atoms with van der Waals surface area (Å²) in [6.07, 6.45) is 4.50. The summed E-state index contributed by atoms with van der Waals surface area (Å²) < 4.78 is 16.1. The highest BCUT2D eigenvalue weighted by Gasteiger charge is 2.21. The van der Waals surface area contributed by atoms with Crippen molar-refractivity contribution in [1.82, 2.24) is 14.8 Å². The van der Waals surface area contributed by atoms with Gasteiger partial charge in [-0.05, 0) is 18.9 Å². The van der Waals surface area contributed by atoms with Crippen LogP contribution >= 0.6 is 11.8 Å². The number of aryl methyl sites for hydroxylation is 1. The molecule has 0 fully saturated rings. The quantitative estimate of drug-likeness (QED) is 0.882. The summed E-state index contributed by atoms with van der Waals surface area (Å²) in [5, 5.41) is 9.27. The minimum atomic E-state index is -0.212. The molecule has 0 bridgehead atoms. The lowest BCUT2D eigenvalue weighted by atomic mass is 10.1. The summed E-state index contributed by atoms with van der Waals surface area (Å²) in [5.41, 5.74) is 6.49. The molecule has 1 aromatic heterocycles. The fraction of sp³-hybridized carbons (Fsp3) is 0.467. The van der Waals surface area contributed by atoms with E-state index in [9.17, 15) is 4.39 Å². The molecule has 0 saturated carbocycles. The number of rotatable bonds is 4. The smallest absolute Gasteiger partial charge is 0.191 e. The van der Waals surface area contributed by atoms with Crippen molar-refractivity contribution in [1.29, 1.82) is 0 Å². The average Bonchev–Trinajstić information content (AvgIpc) is 2.72. The second-order valence-corrected chi connectivity index (χ2v) is 6.39. The maximum atomic E-state index is 13.9. The van der Waals surface area contributed by atoms with Crippen molar-refractivity contribution in [2.24, 2.45) is 5.73 Å². The third kappa shape index (κ3) is 3.11. The molecule has 2 aromatic rings. The van der Waals surface area contributed by atoms with E-state index in [1.54, 1.807) is 12.1 Å². The number of hydrogen-bond acceptors (Lipinski definition) is 4. The number of halogens is 1. The van der Waals surface area contributed by atoms with Crippen LogP contribution < -0.4 is 5.73 Å². The Bertz CT molecular complexity index is 613. The molecule has 4 nitrogen and oxygen atoms in total. The first kappa shape index (κ1) is 14.5. The van der Waals surface area contributed by atoms with E-state index >= 15 is 0 Å². The van der Waals surface area contributed by atoms with Crippen molar-refractivity contribution in [3.63, 3.8) is 0 Å². The molecule has 1 atom stereocenters. The maximum absolute atomic E-state index is 13.9. The van der Waals surface area contributed by atoms with Gasteiger partial charge in [0.15, 0.2) is 5.16 Å². The van der Waals surface area contributed by atoms with Gasteiger partial charge in [0.1, 0.15) is 11.6 Å². The number of fused-ring (bicyclic) bond motifs is 1. The first-order valence-electron chi connectivity index (χ1n) is 7.33. The number of benzene rings is 1. The van der Waals surface area contributed by atoms with Gasteiger partial charge in [-0.1, -0.05) is 36.4 Å².